The first-order valence-electron chi connectivity index (χ1n) is 11.4. The number of rotatable bonds is 4. The van der Waals surface area contributed by atoms with Gasteiger partial charge in [0.05, 0.1) is 0 Å². The van der Waals surface area contributed by atoms with Gasteiger partial charge in [-0.2, -0.15) is 0 Å². The van der Waals surface area contributed by atoms with Gasteiger partial charge < -0.3 is 4.90 Å². The zero-order valence-electron chi connectivity index (χ0n) is 18.0. The molecule has 30 heavy (non-hydrogen) atoms. The van der Waals surface area contributed by atoms with E-state index in [2.05, 4.69) is 102 Å². The topological polar surface area (TPSA) is 6.48 Å². The molecule has 0 aliphatic carbocycles. The molecule has 3 aromatic carbocycles. The number of benzene rings is 3. The number of hydrogen-bond acceptors (Lipinski definition) is 2. The lowest BCUT2D eigenvalue weighted by Crippen LogP contribution is -2.57. The fourth-order valence-corrected chi connectivity index (χ4v) is 11.0. The summed E-state index contributed by atoms with van der Waals surface area (Å²) < 4.78 is 0. The molecule has 0 aromatic heterocycles. The van der Waals surface area contributed by atoms with Crippen molar-refractivity contribution in [3.8, 4) is 0 Å². The van der Waals surface area contributed by atoms with Crippen molar-refractivity contribution in [2.75, 3.05) is 31.1 Å². The third-order valence-corrected chi connectivity index (χ3v) is 12.6. The SMILES string of the molecule is Cc1ccc(N2CCN(C3CC[Si](c4ccccc4)(c4ccccc4)C3)CC2)cc1. The highest BCUT2D eigenvalue weighted by molar-refractivity contribution is 7.02. The number of anilines is 1. The lowest BCUT2D eigenvalue weighted by molar-refractivity contribution is 0.198. The Morgan fingerprint density at radius 1 is 0.700 bits per heavy atom. The van der Waals surface area contributed by atoms with Gasteiger partial charge in [0.15, 0.2) is 0 Å². The van der Waals surface area contributed by atoms with Crippen molar-refractivity contribution in [2.45, 2.75) is 31.5 Å². The second kappa shape index (κ2) is 8.41. The molecular weight excluding hydrogens is 380 g/mol. The summed E-state index contributed by atoms with van der Waals surface area (Å²) in [4.78, 5) is 5.36. The molecule has 0 saturated carbocycles. The molecule has 3 aromatic rings. The first-order chi connectivity index (χ1) is 14.7. The van der Waals surface area contributed by atoms with Crippen LogP contribution >= 0.6 is 0 Å². The van der Waals surface area contributed by atoms with Gasteiger partial charge in [-0.3, -0.25) is 4.90 Å². The van der Waals surface area contributed by atoms with E-state index in [1.807, 2.05) is 0 Å². The molecule has 2 aliphatic rings. The summed E-state index contributed by atoms with van der Waals surface area (Å²) in [6, 6.07) is 35.4. The molecule has 1 unspecified atom stereocenters. The fraction of sp³-hybridized carbons (Fsp3) is 0.333. The molecule has 3 heteroatoms. The van der Waals surface area contributed by atoms with Crippen LogP contribution in [0.1, 0.15) is 12.0 Å². The molecule has 0 spiro atoms. The van der Waals surface area contributed by atoms with E-state index < -0.39 is 8.07 Å². The highest BCUT2D eigenvalue weighted by Crippen LogP contribution is 2.34. The van der Waals surface area contributed by atoms with Crippen molar-refractivity contribution in [2.24, 2.45) is 0 Å². The lowest BCUT2D eigenvalue weighted by Gasteiger charge is -2.40. The minimum absolute atomic E-state index is 0.734. The maximum absolute atomic E-state index is 2.80. The van der Waals surface area contributed by atoms with Crippen LogP contribution in [-0.2, 0) is 0 Å². The molecule has 2 fully saturated rings. The van der Waals surface area contributed by atoms with Crippen molar-refractivity contribution in [3.05, 3.63) is 90.5 Å². The highest BCUT2D eigenvalue weighted by Gasteiger charge is 2.46. The average Bonchev–Trinajstić information content (AvgIpc) is 3.28. The van der Waals surface area contributed by atoms with Gasteiger partial charge in [0.25, 0.3) is 0 Å². The zero-order valence-corrected chi connectivity index (χ0v) is 19.0. The molecule has 2 aliphatic heterocycles. The van der Waals surface area contributed by atoms with Crippen LogP contribution in [-0.4, -0.2) is 45.2 Å². The summed E-state index contributed by atoms with van der Waals surface area (Å²) in [5, 5.41) is 3.24. The normalized spacial score (nSPS) is 21.6. The molecule has 0 N–H and O–H groups in total. The number of aryl methyl sites for hydroxylation is 1. The molecule has 0 bridgehead atoms. The molecule has 1 atom stereocenters. The summed E-state index contributed by atoms with van der Waals surface area (Å²) in [6.45, 7) is 6.83. The third kappa shape index (κ3) is 3.72. The van der Waals surface area contributed by atoms with E-state index in [-0.39, 0.29) is 0 Å². The Labute approximate surface area is 182 Å². The highest BCUT2D eigenvalue weighted by atomic mass is 28.3. The van der Waals surface area contributed by atoms with Crippen molar-refractivity contribution < 1.29 is 0 Å². The van der Waals surface area contributed by atoms with E-state index in [0.29, 0.717) is 0 Å². The largest absolute Gasteiger partial charge is 0.369 e. The van der Waals surface area contributed by atoms with Crippen LogP contribution in [0.25, 0.3) is 0 Å². The first-order valence-corrected chi connectivity index (χ1v) is 13.8. The maximum Gasteiger partial charge on any atom is 0.119 e. The molecular formula is C27H32N2Si. The van der Waals surface area contributed by atoms with Crippen molar-refractivity contribution >= 4 is 24.1 Å². The van der Waals surface area contributed by atoms with Crippen LogP contribution in [0.2, 0.25) is 12.1 Å². The smallest absolute Gasteiger partial charge is 0.119 e. The second-order valence-corrected chi connectivity index (χ2v) is 13.3. The van der Waals surface area contributed by atoms with E-state index in [1.165, 1.54) is 42.8 Å². The third-order valence-electron chi connectivity index (χ3n) is 7.37. The minimum atomic E-state index is -1.67. The van der Waals surface area contributed by atoms with Gasteiger partial charge in [0, 0.05) is 37.9 Å². The van der Waals surface area contributed by atoms with Crippen LogP contribution in [0.4, 0.5) is 5.69 Å². The van der Waals surface area contributed by atoms with E-state index in [9.17, 15) is 0 Å². The Balaban J connectivity index is 1.32. The molecule has 154 valence electrons. The molecule has 2 saturated heterocycles. The maximum atomic E-state index is 2.80. The fourth-order valence-electron chi connectivity index (χ4n) is 5.64. The summed E-state index contributed by atoms with van der Waals surface area (Å²) in [7, 11) is -1.67. The average molecular weight is 413 g/mol. The summed E-state index contributed by atoms with van der Waals surface area (Å²) in [6.07, 6.45) is 1.35. The number of hydrogen-bond donors (Lipinski definition) is 0. The van der Waals surface area contributed by atoms with E-state index >= 15 is 0 Å². The van der Waals surface area contributed by atoms with Crippen LogP contribution in [0.15, 0.2) is 84.9 Å². The van der Waals surface area contributed by atoms with E-state index in [1.54, 1.807) is 10.4 Å². The molecule has 2 nitrogen and oxygen atoms in total. The van der Waals surface area contributed by atoms with Gasteiger partial charge in [-0.25, -0.2) is 0 Å². The Hall–Kier alpha value is -2.36. The summed E-state index contributed by atoms with van der Waals surface area (Å²) in [5.41, 5.74) is 2.72. The molecule has 0 radical (unpaired) electrons. The predicted molar refractivity (Wildman–Crippen MR) is 131 cm³/mol. The van der Waals surface area contributed by atoms with Crippen LogP contribution in [0.3, 0.4) is 0 Å². The number of nitrogens with zero attached hydrogens (tertiary/aromatic N) is 2. The number of piperazine rings is 1. The Morgan fingerprint density at radius 2 is 1.27 bits per heavy atom. The van der Waals surface area contributed by atoms with Gasteiger partial charge in [-0.15, -0.1) is 0 Å². The van der Waals surface area contributed by atoms with E-state index in [4.69, 9.17) is 0 Å². The summed E-state index contributed by atoms with van der Waals surface area (Å²) >= 11 is 0. The predicted octanol–water partition coefficient (Wildman–Crippen LogP) is 4.15. The standard InChI is InChI=1S/C27H32N2Si/c1-23-12-14-24(15-13-23)28-17-19-29(20-18-28)25-16-21-30(22-25,26-8-4-2-5-9-26)27-10-6-3-7-11-27/h2-15,25H,16-22H2,1H3. The van der Waals surface area contributed by atoms with Crippen LogP contribution in [0.5, 0.6) is 0 Å². The van der Waals surface area contributed by atoms with Gasteiger partial charge in [-0.05, 0) is 37.6 Å². The zero-order chi connectivity index (χ0) is 20.4. The van der Waals surface area contributed by atoms with Crippen molar-refractivity contribution in [1.82, 2.24) is 4.90 Å². The second-order valence-electron chi connectivity index (χ2n) is 9.07. The Morgan fingerprint density at radius 3 is 1.83 bits per heavy atom. The van der Waals surface area contributed by atoms with Gasteiger partial charge in [0.2, 0.25) is 0 Å². The Bertz CT molecular complexity index is 908. The minimum Gasteiger partial charge on any atom is -0.369 e. The lowest BCUT2D eigenvalue weighted by atomic mass is 10.1. The van der Waals surface area contributed by atoms with Crippen molar-refractivity contribution in [1.29, 1.82) is 0 Å². The van der Waals surface area contributed by atoms with Gasteiger partial charge in [0.1, 0.15) is 8.07 Å². The quantitative estimate of drug-likeness (QED) is 0.594. The van der Waals surface area contributed by atoms with Crippen molar-refractivity contribution in [3.63, 3.8) is 0 Å². The molecule has 2 heterocycles. The Kier molecular flexibility index (Phi) is 5.49. The van der Waals surface area contributed by atoms with Crippen LogP contribution in [0, 0.1) is 6.92 Å². The van der Waals surface area contributed by atoms with Gasteiger partial charge in [-0.1, -0.05) is 88.7 Å². The monoisotopic (exact) mass is 412 g/mol. The molecule has 0 amide bonds. The molecule has 5 rings (SSSR count). The first kappa shape index (κ1) is 19.6. The van der Waals surface area contributed by atoms with Gasteiger partial charge >= 0.3 is 0 Å². The van der Waals surface area contributed by atoms with Crippen LogP contribution < -0.4 is 15.3 Å². The van der Waals surface area contributed by atoms with E-state index in [0.717, 1.165) is 19.1 Å². The summed E-state index contributed by atoms with van der Waals surface area (Å²) in [5.74, 6) is 0.